The third-order valence-corrected chi connectivity index (χ3v) is 6.02. The van der Waals surface area contributed by atoms with Crippen molar-refractivity contribution >= 4 is 22.4 Å². The molecule has 1 fully saturated rings. The maximum Gasteiger partial charge on any atom is 0.330 e. The first-order chi connectivity index (χ1) is 15.0. The molecule has 0 aliphatic carbocycles. The van der Waals surface area contributed by atoms with E-state index >= 15 is 0 Å². The predicted molar refractivity (Wildman–Crippen MR) is 120 cm³/mol. The molecule has 31 heavy (non-hydrogen) atoms. The summed E-state index contributed by atoms with van der Waals surface area (Å²) in [4.78, 5) is 39.7. The second kappa shape index (κ2) is 7.78. The molecule has 2 aromatic heterocycles. The lowest BCUT2D eigenvalue weighted by molar-refractivity contribution is 0.363. The molecule has 2 aliphatic heterocycles. The van der Waals surface area contributed by atoms with Gasteiger partial charge in [-0.1, -0.05) is 18.2 Å². The summed E-state index contributed by atoms with van der Waals surface area (Å²) < 4.78 is 1.15. The molecule has 4 N–H and O–H groups in total. The van der Waals surface area contributed by atoms with E-state index in [0.29, 0.717) is 23.4 Å². The SMILES string of the molecule is Cc1nc(Cn2c(=O)[nH]c3c(c2=O)NC(NC2CCCNC2)N3C)nc2ccccc12. The first kappa shape index (κ1) is 19.7. The second-order valence-corrected chi connectivity index (χ2v) is 8.16. The van der Waals surface area contributed by atoms with Gasteiger partial charge in [0.25, 0.3) is 5.56 Å². The third kappa shape index (κ3) is 3.57. The highest BCUT2D eigenvalue weighted by Gasteiger charge is 2.32. The van der Waals surface area contributed by atoms with E-state index in [1.165, 1.54) is 0 Å². The maximum absolute atomic E-state index is 13.2. The van der Waals surface area contributed by atoms with Crippen molar-refractivity contribution in [3.05, 3.63) is 56.6 Å². The standard InChI is InChI=1S/C21H26N8O2/c1-12-14-7-3-4-8-15(14)25-16(23-12)11-29-19(30)17-18(27-21(29)31)28(2)20(26-17)24-13-6-5-9-22-10-13/h3-4,7-8,13,20,22,24,26H,5-6,9-11H2,1-2H3,(H,27,31). The number of aromatic amines is 1. The number of aromatic nitrogens is 4. The Morgan fingerprint density at radius 1 is 1.23 bits per heavy atom. The number of piperidine rings is 1. The Morgan fingerprint density at radius 3 is 2.87 bits per heavy atom. The van der Waals surface area contributed by atoms with Gasteiger partial charge in [-0.3, -0.25) is 19.7 Å². The van der Waals surface area contributed by atoms with Crippen LogP contribution in [0.2, 0.25) is 0 Å². The van der Waals surface area contributed by atoms with Crippen molar-refractivity contribution in [2.24, 2.45) is 0 Å². The van der Waals surface area contributed by atoms with E-state index in [1.807, 2.05) is 43.1 Å². The van der Waals surface area contributed by atoms with E-state index in [4.69, 9.17) is 0 Å². The van der Waals surface area contributed by atoms with Crippen LogP contribution in [0.3, 0.4) is 0 Å². The highest BCUT2D eigenvalue weighted by Crippen LogP contribution is 2.26. The van der Waals surface area contributed by atoms with Crippen LogP contribution in [0.1, 0.15) is 24.4 Å². The van der Waals surface area contributed by atoms with Crippen LogP contribution in [0, 0.1) is 6.92 Å². The van der Waals surface area contributed by atoms with Crippen LogP contribution in [0.5, 0.6) is 0 Å². The van der Waals surface area contributed by atoms with Crippen LogP contribution in [-0.2, 0) is 6.54 Å². The molecule has 0 radical (unpaired) electrons. The summed E-state index contributed by atoms with van der Waals surface area (Å²) in [5, 5.41) is 11.1. The fraction of sp³-hybridized carbons (Fsp3) is 0.429. The number of rotatable bonds is 4. The summed E-state index contributed by atoms with van der Waals surface area (Å²) >= 11 is 0. The van der Waals surface area contributed by atoms with E-state index in [-0.39, 0.29) is 18.4 Å². The van der Waals surface area contributed by atoms with Gasteiger partial charge in [-0.05, 0) is 32.4 Å². The Balaban J connectivity index is 1.44. The Hall–Kier alpha value is -3.24. The number of aryl methyl sites for hydroxylation is 1. The monoisotopic (exact) mass is 422 g/mol. The molecule has 2 unspecified atom stereocenters. The summed E-state index contributed by atoms with van der Waals surface area (Å²) in [6.07, 6.45) is 1.91. The van der Waals surface area contributed by atoms with Crippen molar-refractivity contribution in [3.63, 3.8) is 0 Å². The number of hydrogen-bond donors (Lipinski definition) is 4. The number of para-hydroxylation sites is 1. The molecule has 0 saturated carbocycles. The Morgan fingerprint density at radius 2 is 2.06 bits per heavy atom. The van der Waals surface area contributed by atoms with Gasteiger partial charge >= 0.3 is 5.69 Å². The van der Waals surface area contributed by atoms with Crippen molar-refractivity contribution in [1.29, 1.82) is 0 Å². The van der Waals surface area contributed by atoms with E-state index in [1.54, 1.807) is 0 Å². The van der Waals surface area contributed by atoms with E-state index in [2.05, 4.69) is 30.9 Å². The lowest BCUT2D eigenvalue weighted by atomic mass is 10.1. The minimum absolute atomic E-state index is 0.00313. The molecule has 5 rings (SSSR count). The molecule has 10 heteroatoms. The lowest BCUT2D eigenvalue weighted by Crippen LogP contribution is -2.54. The molecule has 4 heterocycles. The molecule has 10 nitrogen and oxygen atoms in total. The van der Waals surface area contributed by atoms with Crippen molar-refractivity contribution in [2.75, 3.05) is 30.4 Å². The molecule has 162 valence electrons. The van der Waals surface area contributed by atoms with Gasteiger partial charge in [0.05, 0.1) is 12.1 Å². The summed E-state index contributed by atoms with van der Waals surface area (Å²) in [7, 11) is 1.85. The van der Waals surface area contributed by atoms with Crippen molar-refractivity contribution in [1.82, 2.24) is 30.2 Å². The number of fused-ring (bicyclic) bond motifs is 2. The van der Waals surface area contributed by atoms with E-state index < -0.39 is 5.69 Å². The third-order valence-electron chi connectivity index (χ3n) is 6.02. The molecule has 3 aromatic rings. The minimum atomic E-state index is -0.480. The van der Waals surface area contributed by atoms with Crippen LogP contribution in [0.4, 0.5) is 11.5 Å². The first-order valence-corrected chi connectivity index (χ1v) is 10.6. The van der Waals surface area contributed by atoms with Gasteiger partial charge in [0.15, 0.2) is 6.29 Å². The van der Waals surface area contributed by atoms with Gasteiger partial charge < -0.3 is 15.5 Å². The lowest BCUT2D eigenvalue weighted by Gasteiger charge is -2.30. The number of anilines is 2. The number of hydrogen-bond acceptors (Lipinski definition) is 8. The molecule has 0 bridgehead atoms. The van der Waals surface area contributed by atoms with Gasteiger partial charge in [-0.25, -0.2) is 14.8 Å². The Bertz CT molecular complexity index is 1240. The molecule has 1 saturated heterocycles. The molecule has 2 atom stereocenters. The molecule has 0 spiro atoms. The fourth-order valence-corrected chi connectivity index (χ4v) is 4.34. The van der Waals surface area contributed by atoms with E-state index in [0.717, 1.165) is 47.1 Å². The van der Waals surface area contributed by atoms with Gasteiger partial charge in [-0.2, -0.15) is 0 Å². The van der Waals surface area contributed by atoms with Crippen LogP contribution in [0.25, 0.3) is 10.9 Å². The molecule has 1 aromatic carbocycles. The van der Waals surface area contributed by atoms with Crippen molar-refractivity contribution in [3.8, 4) is 0 Å². The Kier molecular flexibility index (Phi) is 4.95. The van der Waals surface area contributed by atoms with E-state index in [9.17, 15) is 9.59 Å². The normalized spacial score (nSPS) is 20.6. The molecular weight excluding hydrogens is 396 g/mol. The van der Waals surface area contributed by atoms with Crippen LogP contribution < -0.4 is 32.1 Å². The quantitative estimate of drug-likeness (QED) is 0.475. The first-order valence-electron chi connectivity index (χ1n) is 10.6. The number of nitrogens with zero attached hydrogens (tertiary/aromatic N) is 4. The molecule has 0 amide bonds. The summed E-state index contributed by atoms with van der Waals surface area (Å²) in [6, 6.07) is 7.99. The number of H-pyrrole nitrogens is 1. The zero-order valence-corrected chi connectivity index (χ0v) is 17.6. The van der Waals surface area contributed by atoms with Crippen LogP contribution >= 0.6 is 0 Å². The topological polar surface area (TPSA) is 120 Å². The van der Waals surface area contributed by atoms with Crippen LogP contribution in [-0.4, -0.2) is 52.0 Å². The maximum atomic E-state index is 13.2. The van der Waals surface area contributed by atoms with Crippen molar-refractivity contribution in [2.45, 2.75) is 38.6 Å². The summed E-state index contributed by atoms with van der Waals surface area (Å²) in [5.74, 6) is 0.918. The van der Waals surface area contributed by atoms with Crippen molar-refractivity contribution < 1.29 is 0 Å². The zero-order valence-electron chi connectivity index (χ0n) is 17.6. The minimum Gasteiger partial charge on any atom is -0.345 e. The predicted octanol–water partition coefficient (Wildman–Crippen LogP) is 0.323. The largest absolute Gasteiger partial charge is 0.345 e. The van der Waals surface area contributed by atoms with Crippen LogP contribution in [0.15, 0.2) is 33.9 Å². The summed E-state index contributed by atoms with van der Waals surface area (Å²) in [5.41, 5.74) is 1.12. The highest BCUT2D eigenvalue weighted by molar-refractivity contribution is 5.80. The van der Waals surface area contributed by atoms with Gasteiger partial charge in [0.1, 0.15) is 17.3 Å². The molecule has 2 aliphatic rings. The van der Waals surface area contributed by atoms with Gasteiger partial charge in [0, 0.05) is 30.7 Å². The Labute approximate surface area is 178 Å². The average molecular weight is 422 g/mol. The fourth-order valence-electron chi connectivity index (χ4n) is 4.34. The number of nitrogens with one attached hydrogen (secondary N) is 4. The second-order valence-electron chi connectivity index (χ2n) is 8.16. The highest BCUT2D eigenvalue weighted by atomic mass is 16.2. The average Bonchev–Trinajstić information content (AvgIpc) is 3.07. The number of benzene rings is 1. The van der Waals surface area contributed by atoms with Gasteiger partial charge in [0.2, 0.25) is 0 Å². The van der Waals surface area contributed by atoms with Gasteiger partial charge in [-0.15, -0.1) is 0 Å². The summed E-state index contributed by atoms with van der Waals surface area (Å²) in [6.45, 7) is 3.81. The smallest absolute Gasteiger partial charge is 0.330 e. The zero-order chi connectivity index (χ0) is 21.5. The molecular formula is C21H26N8O2.